The normalized spacial score (nSPS) is 23.5. The van der Waals surface area contributed by atoms with Gasteiger partial charge >= 0.3 is 0 Å². The molecule has 1 aromatic rings. The van der Waals surface area contributed by atoms with Crippen LogP contribution in [0.15, 0.2) is 24.3 Å². The Bertz CT molecular complexity index is 512. The van der Waals surface area contributed by atoms with Crippen LogP contribution in [0, 0.1) is 0 Å². The third-order valence-corrected chi connectivity index (χ3v) is 5.00. The Kier molecular flexibility index (Phi) is 4.98. The second kappa shape index (κ2) is 7.14. The minimum absolute atomic E-state index is 0.0137. The lowest BCUT2D eigenvalue weighted by atomic mass is 10.0. The zero-order chi connectivity index (χ0) is 15.4. The number of rotatable bonds is 4. The molecular formula is C18H26N2O2. The molecule has 22 heavy (non-hydrogen) atoms. The van der Waals surface area contributed by atoms with Crippen LogP contribution >= 0.6 is 0 Å². The average Bonchev–Trinajstić information content (AvgIpc) is 3.04. The average molecular weight is 302 g/mol. The van der Waals surface area contributed by atoms with Crippen molar-refractivity contribution in [3.05, 3.63) is 29.8 Å². The number of benzene rings is 1. The molecule has 0 spiro atoms. The van der Waals surface area contributed by atoms with Crippen LogP contribution in [-0.2, 0) is 11.2 Å². The number of amides is 1. The van der Waals surface area contributed by atoms with Crippen molar-refractivity contribution in [2.75, 3.05) is 13.1 Å². The first kappa shape index (κ1) is 15.3. The molecule has 0 aromatic heterocycles. The second-order valence-electron chi connectivity index (χ2n) is 6.65. The third-order valence-electron chi connectivity index (χ3n) is 5.00. The second-order valence-corrected chi connectivity index (χ2v) is 6.65. The van der Waals surface area contributed by atoms with E-state index in [4.69, 9.17) is 0 Å². The Labute approximate surface area is 132 Å². The van der Waals surface area contributed by atoms with Crippen molar-refractivity contribution < 1.29 is 9.90 Å². The molecule has 3 rings (SSSR count). The summed E-state index contributed by atoms with van der Waals surface area (Å²) in [6.45, 7) is 2.16. The number of phenolic OH excluding ortho intramolecular Hbond substituents is 1. The smallest absolute Gasteiger partial charge is 0.224 e. The van der Waals surface area contributed by atoms with Crippen LogP contribution < -0.4 is 5.32 Å². The molecular weight excluding hydrogens is 276 g/mol. The molecule has 4 heteroatoms. The van der Waals surface area contributed by atoms with Gasteiger partial charge in [0.1, 0.15) is 5.75 Å². The van der Waals surface area contributed by atoms with Crippen molar-refractivity contribution in [2.45, 2.75) is 57.0 Å². The maximum Gasteiger partial charge on any atom is 0.224 e. The van der Waals surface area contributed by atoms with Crippen LogP contribution in [0.5, 0.6) is 5.75 Å². The van der Waals surface area contributed by atoms with Gasteiger partial charge in [0.2, 0.25) is 5.91 Å². The van der Waals surface area contributed by atoms with Crippen LogP contribution in [0.1, 0.15) is 44.1 Å². The largest absolute Gasteiger partial charge is 0.508 e. The van der Waals surface area contributed by atoms with E-state index >= 15 is 0 Å². The molecule has 1 amide bonds. The number of aromatic hydroxyl groups is 1. The number of piperidine rings is 1. The maximum absolute atomic E-state index is 12.2. The van der Waals surface area contributed by atoms with Gasteiger partial charge in [0.25, 0.3) is 0 Å². The standard InChI is InChI=1S/C18H26N2O2/c21-17-10-4-1-6-14(17)12-18(22)19-15-7-5-11-20(13-15)16-8-2-3-9-16/h1,4,6,10,15-16,21H,2-3,5,7-9,11-13H2,(H,19,22)/t15-/m1/s1. The van der Waals surface area contributed by atoms with E-state index in [0.717, 1.165) is 25.4 Å². The highest BCUT2D eigenvalue weighted by molar-refractivity contribution is 5.79. The number of para-hydroxylation sites is 1. The van der Waals surface area contributed by atoms with Crippen LogP contribution in [-0.4, -0.2) is 41.1 Å². The summed E-state index contributed by atoms with van der Waals surface area (Å²) in [5.74, 6) is 0.216. The predicted octanol–water partition coefficient (Wildman–Crippen LogP) is 2.46. The van der Waals surface area contributed by atoms with E-state index in [1.165, 1.54) is 32.2 Å². The molecule has 0 unspecified atom stereocenters. The van der Waals surface area contributed by atoms with Crippen molar-refractivity contribution in [3.63, 3.8) is 0 Å². The number of nitrogens with zero attached hydrogens (tertiary/aromatic N) is 1. The topological polar surface area (TPSA) is 52.6 Å². The number of carbonyl (C=O) groups excluding carboxylic acids is 1. The van der Waals surface area contributed by atoms with E-state index in [9.17, 15) is 9.90 Å². The van der Waals surface area contributed by atoms with Crippen molar-refractivity contribution in [1.29, 1.82) is 0 Å². The van der Waals surface area contributed by atoms with Gasteiger partial charge in [-0.2, -0.15) is 0 Å². The van der Waals surface area contributed by atoms with Gasteiger partial charge in [0.15, 0.2) is 0 Å². The number of hydrogen-bond acceptors (Lipinski definition) is 3. The Morgan fingerprint density at radius 2 is 1.95 bits per heavy atom. The molecule has 2 N–H and O–H groups in total. The summed E-state index contributed by atoms with van der Waals surface area (Å²) in [7, 11) is 0. The lowest BCUT2D eigenvalue weighted by Crippen LogP contribution is -2.50. The molecule has 4 nitrogen and oxygen atoms in total. The van der Waals surface area contributed by atoms with E-state index in [0.29, 0.717) is 5.56 Å². The van der Waals surface area contributed by atoms with Gasteiger partial charge in [-0.15, -0.1) is 0 Å². The fraction of sp³-hybridized carbons (Fsp3) is 0.611. The third kappa shape index (κ3) is 3.80. The van der Waals surface area contributed by atoms with Crippen LogP contribution in [0.3, 0.4) is 0 Å². The van der Waals surface area contributed by atoms with Gasteiger partial charge in [-0.25, -0.2) is 0 Å². The first-order chi connectivity index (χ1) is 10.7. The monoisotopic (exact) mass is 302 g/mol. The fourth-order valence-electron chi connectivity index (χ4n) is 3.84. The van der Waals surface area contributed by atoms with Crippen molar-refractivity contribution >= 4 is 5.91 Å². The summed E-state index contributed by atoms with van der Waals surface area (Å²) >= 11 is 0. The molecule has 1 aromatic carbocycles. The zero-order valence-electron chi connectivity index (χ0n) is 13.1. The van der Waals surface area contributed by atoms with Crippen LogP contribution in [0.25, 0.3) is 0 Å². The fourth-order valence-corrected chi connectivity index (χ4v) is 3.84. The Balaban J connectivity index is 1.51. The summed E-state index contributed by atoms with van der Waals surface area (Å²) in [6.07, 6.45) is 7.83. The molecule has 1 atom stereocenters. The predicted molar refractivity (Wildman–Crippen MR) is 86.8 cm³/mol. The molecule has 1 saturated carbocycles. The number of phenols is 1. The van der Waals surface area contributed by atoms with E-state index in [1.54, 1.807) is 18.2 Å². The minimum Gasteiger partial charge on any atom is -0.508 e. The number of likely N-dealkylation sites (tertiary alicyclic amines) is 1. The summed E-state index contributed by atoms with van der Waals surface area (Å²) in [4.78, 5) is 14.8. The summed E-state index contributed by atoms with van der Waals surface area (Å²) < 4.78 is 0. The van der Waals surface area contributed by atoms with Gasteiger partial charge in [-0.05, 0) is 38.3 Å². The molecule has 1 aliphatic carbocycles. The summed E-state index contributed by atoms with van der Waals surface area (Å²) in [6, 6.07) is 8.05. The van der Waals surface area contributed by atoms with Crippen molar-refractivity contribution in [2.24, 2.45) is 0 Å². The molecule has 2 fully saturated rings. The van der Waals surface area contributed by atoms with E-state index in [1.807, 2.05) is 6.07 Å². The molecule has 120 valence electrons. The van der Waals surface area contributed by atoms with Gasteiger partial charge in [-0.1, -0.05) is 31.0 Å². The molecule has 0 bridgehead atoms. The molecule has 0 radical (unpaired) electrons. The molecule has 2 aliphatic rings. The van der Waals surface area contributed by atoms with Gasteiger partial charge < -0.3 is 10.4 Å². The lowest BCUT2D eigenvalue weighted by Gasteiger charge is -2.37. The minimum atomic E-state index is 0.0137. The van der Waals surface area contributed by atoms with E-state index < -0.39 is 0 Å². The first-order valence-electron chi connectivity index (χ1n) is 8.52. The SMILES string of the molecule is O=C(Cc1ccccc1O)N[C@@H]1CCCN(C2CCCC2)C1. The van der Waals surface area contributed by atoms with E-state index in [-0.39, 0.29) is 24.1 Å². The summed E-state index contributed by atoms with van der Waals surface area (Å²) in [5, 5.41) is 12.9. The molecule has 1 heterocycles. The maximum atomic E-state index is 12.2. The Morgan fingerprint density at radius 1 is 1.18 bits per heavy atom. The van der Waals surface area contributed by atoms with Crippen LogP contribution in [0.4, 0.5) is 0 Å². The molecule has 1 aliphatic heterocycles. The zero-order valence-corrected chi connectivity index (χ0v) is 13.1. The number of carbonyl (C=O) groups is 1. The Hall–Kier alpha value is -1.55. The van der Waals surface area contributed by atoms with Crippen LogP contribution in [0.2, 0.25) is 0 Å². The highest BCUT2D eigenvalue weighted by Gasteiger charge is 2.28. The summed E-state index contributed by atoms with van der Waals surface area (Å²) in [5.41, 5.74) is 0.698. The molecule has 1 saturated heterocycles. The highest BCUT2D eigenvalue weighted by Crippen LogP contribution is 2.26. The van der Waals surface area contributed by atoms with Gasteiger partial charge in [0, 0.05) is 24.2 Å². The lowest BCUT2D eigenvalue weighted by molar-refractivity contribution is -0.121. The van der Waals surface area contributed by atoms with Gasteiger partial charge in [-0.3, -0.25) is 9.69 Å². The van der Waals surface area contributed by atoms with Crippen molar-refractivity contribution in [3.8, 4) is 5.75 Å². The van der Waals surface area contributed by atoms with E-state index in [2.05, 4.69) is 10.2 Å². The van der Waals surface area contributed by atoms with Gasteiger partial charge in [0.05, 0.1) is 6.42 Å². The quantitative estimate of drug-likeness (QED) is 0.898. The number of nitrogens with one attached hydrogen (secondary N) is 1. The first-order valence-corrected chi connectivity index (χ1v) is 8.52. The van der Waals surface area contributed by atoms with Crippen molar-refractivity contribution in [1.82, 2.24) is 10.2 Å². The highest BCUT2D eigenvalue weighted by atomic mass is 16.3. The Morgan fingerprint density at radius 3 is 2.73 bits per heavy atom. The number of hydrogen-bond donors (Lipinski definition) is 2.